The number of benzene rings is 1. The molecule has 0 saturated carbocycles. The Hall–Kier alpha value is -0.760. The molecule has 1 rings (SSSR count). The van der Waals surface area contributed by atoms with E-state index in [1.165, 1.54) is 24.3 Å². The first-order chi connectivity index (χ1) is 7.31. The van der Waals surface area contributed by atoms with Gasteiger partial charge >= 0.3 is 7.82 Å². The monoisotopic (exact) mass is 268 g/mol. The molecule has 0 saturated heterocycles. The molecule has 90 valence electrons. The van der Waals surface area contributed by atoms with E-state index in [1.54, 1.807) is 6.07 Å². The molecule has 0 spiro atoms. The Morgan fingerprint density at radius 1 is 1.19 bits per heavy atom. The predicted octanol–water partition coefficient (Wildman–Crippen LogP) is 0.459. The zero-order chi connectivity index (χ0) is 12.2. The molecule has 0 unspecified atom stereocenters. The third kappa shape index (κ3) is 4.40. The van der Waals surface area contributed by atoms with Gasteiger partial charge in [-0.15, -0.1) is 0 Å². The molecule has 0 aromatic heterocycles. The van der Waals surface area contributed by atoms with Gasteiger partial charge in [0.15, 0.2) is 6.79 Å². The third-order valence-electron chi connectivity index (χ3n) is 1.46. The van der Waals surface area contributed by atoms with Crippen molar-refractivity contribution >= 4 is 17.9 Å². The molecule has 0 aliphatic heterocycles. The van der Waals surface area contributed by atoms with Crippen LogP contribution in [0.1, 0.15) is 0 Å². The Bertz CT molecular complexity index is 477. The van der Waals surface area contributed by atoms with E-state index in [0.29, 0.717) is 0 Å². The maximum atomic E-state index is 11.4. The molecule has 1 aromatic rings. The molecule has 0 aliphatic rings. The molecule has 7 nitrogen and oxygen atoms in total. The topological polar surface area (TPSA) is 110 Å². The minimum atomic E-state index is -4.73. The third-order valence-corrected chi connectivity index (χ3v) is 3.15. The molecule has 0 atom stereocenters. The molecule has 0 bridgehead atoms. The van der Waals surface area contributed by atoms with Crippen molar-refractivity contribution in [3.8, 4) is 0 Å². The molecule has 16 heavy (non-hydrogen) atoms. The summed E-state index contributed by atoms with van der Waals surface area (Å²) in [5.74, 6) is 0. The minimum absolute atomic E-state index is 0.121. The van der Waals surface area contributed by atoms with Crippen molar-refractivity contribution < 1.29 is 31.5 Å². The van der Waals surface area contributed by atoms with Gasteiger partial charge in [0.25, 0.3) is 10.1 Å². The van der Waals surface area contributed by atoms with Gasteiger partial charge in [-0.1, -0.05) is 18.2 Å². The van der Waals surface area contributed by atoms with Crippen LogP contribution >= 0.6 is 7.82 Å². The van der Waals surface area contributed by atoms with Gasteiger partial charge in [0.05, 0.1) is 4.90 Å². The Balaban J connectivity index is 2.64. The number of hydrogen-bond donors (Lipinski definition) is 2. The first kappa shape index (κ1) is 13.3. The quantitative estimate of drug-likeness (QED) is 0.453. The van der Waals surface area contributed by atoms with E-state index >= 15 is 0 Å². The summed E-state index contributed by atoms with van der Waals surface area (Å²) in [6.45, 7) is -1.04. The lowest BCUT2D eigenvalue weighted by Gasteiger charge is -2.06. The van der Waals surface area contributed by atoms with Gasteiger partial charge in [-0.25, -0.2) is 8.75 Å². The number of phosphoric ester groups is 1. The van der Waals surface area contributed by atoms with Gasteiger partial charge in [-0.2, -0.15) is 8.42 Å². The highest BCUT2D eigenvalue weighted by Gasteiger charge is 2.19. The van der Waals surface area contributed by atoms with Crippen LogP contribution in [-0.4, -0.2) is 25.0 Å². The van der Waals surface area contributed by atoms with E-state index < -0.39 is 24.7 Å². The summed E-state index contributed by atoms with van der Waals surface area (Å²) in [5, 5.41) is 0. The predicted molar refractivity (Wildman–Crippen MR) is 52.7 cm³/mol. The van der Waals surface area contributed by atoms with Crippen molar-refractivity contribution in [2.24, 2.45) is 0 Å². The highest BCUT2D eigenvalue weighted by atomic mass is 32.2. The van der Waals surface area contributed by atoms with E-state index in [2.05, 4.69) is 8.71 Å². The average Bonchev–Trinajstić information content (AvgIpc) is 2.17. The van der Waals surface area contributed by atoms with Crippen molar-refractivity contribution in [3.05, 3.63) is 30.3 Å². The minimum Gasteiger partial charge on any atom is -0.303 e. The second kappa shape index (κ2) is 5.05. The van der Waals surface area contributed by atoms with Crippen LogP contribution in [0.4, 0.5) is 0 Å². The van der Waals surface area contributed by atoms with Crippen LogP contribution in [0.25, 0.3) is 0 Å². The van der Waals surface area contributed by atoms with Gasteiger partial charge < -0.3 is 9.79 Å². The van der Waals surface area contributed by atoms with Crippen LogP contribution in [0.3, 0.4) is 0 Å². The highest BCUT2D eigenvalue weighted by Crippen LogP contribution is 2.35. The normalized spacial score (nSPS) is 12.6. The smallest absolute Gasteiger partial charge is 0.303 e. The van der Waals surface area contributed by atoms with Gasteiger partial charge in [-0.05, 0) is 12.1 Å². The summed E-state index contributed by atoms with van der Waals surface area (Å²) in [6, 6.07) is 7.16. The molecule has 1 aromatic carbocycles. The fourth-order valence-electron chi connectivity index (χ4n) is 0.809. The van der Waals surface area contributed by atoms with Gasteiger partial charge in [0, 0.05) is 0 Å². The molecule has 0 radical (unpaired) electrons. The maximum absolute atomic E-state index is 11.4. The van der Waals surface area contributed by atoms with E-state index in [-0.39, 0.29) is 4.90 Å². The second-order valence-corrected chi connectivity index (χ2v) is 5.48. The summed E-state index contributed by atoms with van der Waals surface area (Å²) in [7, 11) is -8.78. The van der Waals surface area contributed by atoms with Crippen LogP contribution in [0, 0.1) is 0 Å². The second-order valence-electron chi connectivity index (χ2n) is 2.62. The number of phosphoric acid groups is 1. The summed E-state index contributed by atoms with van der Waals surface area (Å²) in [4.78, 5) is 16.5. The molecular formula is C7H9O7PS. The van der Waals surface area contributed by atoms with E-state index in [0.717, 1.165) is 0 Å². The lowest BCUT2D eigenvalue weighted by molar-refractivity contribution is 0.0879. The Labute approximate surface area is 92.0 Å². The van der Waals surface area contributed by atoms with Crippen molar-refractivity contribution in [2.45, 2.75) is 4.90 Å². The molecular weight excluding hydrogens is 259 g/mol. The largest absolute Gasteiger partial charge is 0.471 e. The van der Waals surface area contributed by atoms with Gasteiger partial charge in [0.2, 0.25) is 0 Å². The molecule has 2 N–H and O–H groups in total. The molecule has 0 amide bonds. The lowest BCUT2D eigenvalue weighted by Crippen LogP contribution is -2.08. The van der Waals surface area contributed by atoms with Crippen LogP contribution in [-0.2, 0) is 23.4 Å². The Morgan fingerprint density at radius 2 is 1.75 bits per heavy atom. The fourth-order valence-corrected chi connectivity index (χ4v) is 1.87. The van der Waals surface area contributed by atoms with Crippen LogP contribution in [0.15, 0.2) is 35.2 Å². The van der Waals surface area contributed by atoms with Crippen LogP contribution in [0.5, 0.6) is 0 Å². The van der Waals surface area contributed by atoms with E-state index in [9.17, 15) is 13.0 Å². The molecule has 9 heteroatoms. The Kier molecular flexibility index (Phi) is 4.20. The molecule has 0 aliphatic carbocycles. The summed E-state index contributed by atoms with van der Waals surface area (Å²) in [5.41, 5.74) is 0. The SMILES string of the molecule is O=P(O)(O)OCOS(=O)(=O)c1ccccc1. The van der Waals surface area contributed by atoms with Crippen molar-refractivity contribution in [1.29, 1.82) is 0 Å². The van der Waals surface area contributed by atoms with Crippen LogP contribution in [0.2, 0.25) is 0 Å². The van der Waals surface area contributed by atoms with E-state index in [4.69, 9.17) is 9.79 Å². The lowest BCUT2D eigenvalue weighted by atomic mass is 10.4. The standard InChI is InChI=1S/C7H9O7PS/c8-15(9,10)13-6-14-16(11,12)7-4-2-1-3-5-7/h1-5H,6H2,(H2,8,9,10). The average molecular weight is 268 g/mol. The first-order valence-corrected chi connectivity index (χ1v) is 6.90. The van der Waals surface area contributed by atoms with E-state index in [1.807, 2.05) is 0 Å². The van der Waals surface area contributed by atoms with Gasteiger partial charge in [0.1, 0.15) is 0 Å². The summed E-state index contributed by atoms with van der Waals surface area (Å²) in [6.07, 6.45) is 0. The zero-order valence-corrected chi connectivity index (χ0v) is 9.60. The van der Waals surface area contributed by atoms with Crippen molar-refractivity contribution in [2.75, 3.05) is 6.79 Å². The number of hydrogen-bond acceptors (Lipinski definition) is 5. The fraction of sp³-hybridized carbons (Fsp3) is 0.143. The summed E-state index contributed by atoms with van der Waals surface area (Å²) < 4.78 is 41.1. The molecule has 0 fully saturated rings. The maximum Gasteiger partial charge on any atom is 0.471 e. The van der Waals surface area contributed by atoms with Crippen molar-refractivity contribution in [1.82, 2.24) is 0 Å². The molecule has 0 heterocycles. The number of rotatable bonds is 5. The van der Waals surface area contributed by atoms with Crippen LogP contribution < -0.4 is 0 Å². The zero-order valence-electron chi connectivity index (χ0n) is 7.88. The highest BCUT2D eigenvalue weighted by molar-refractivity contribution is 7.86. The Morgan fingerprint density at radius 3 is 2.25 bits per heavy atom. The summed E-state index contributed by atoms with van der Waals surface area (Å²) >= 11 is 0. The van der Waals surface area contributed by atoms with Crippen molar-refractivity contribution in [3.63, 3.8) is 0 Å². The van der Waals surface area contributed by atoms with Gasteiger partial charge in [-0.3, -0.25) is 4.52 Å². The first-order valence-electron chi connectivity index (χ1n) is 3.96.